The third-order valence-electron chi connectivity index (χ3n) is 4.43. The summed E-state index contributed by atoms with van der Waals surface area (Å²) in [5, 5.41) is 13.5. The molecule has 0 radical (unpaired) electrons. The molecule has 1 heterocycles. The molecule has 0 bridgehead atoms. The number of benzene rings is 2. The molecular weight excluding hydrogens is 479 g/mol. The van der Waals surface area contributed by atoms with Crippen LogP contribution < -0.4 is 10.1 Å². The van der Waals surface area contributed by atoms with Crippen LogP contribution in [0, 0.1) is 6.92 Å². The molecule has 31 heavy (non-hydrogen) atoms. The van der Waals surface area contributed by atoms with Gasteiger partial charge in [0.1, 0.15) is 5.75 Å². The van der Waals surface area contributed by atoms with E-state index in [1.54, 1.807) is 30.3 Å². The largest absolute Gasteiger partial charge is 0.481 e. The number of anilines is 1. The summed E-state index contributed by atoms with van der Waals surface area (Å²) in [5.41, 5.74) is 1.63. The van der Waals surface area contributed by atoms with Gasteiger partial charge in [-0.2, -0.15) is 0 Å². The Morgan fingerprint density at radius 2 is 1.87 bits per heavy atom. The van der Waals surface area contributed by atoms with Crippen molar-refractivity contribution in [3.8, 4) is 5.75 Å². The summed E-state index contributed by atoms with van der Waals surface area (Å²) >= 11 is 19.5. The lowest BCUT2D eigenvalue weighted by Gasteiger charge is -2.16. The van der Waals surface area contributed by atoms with Crippen LogP contribution in [0.1, 0.15) is 31.3 Å². The summed E-state index contributed by atoms with van der Waals surface area (Å²) in [7, 11) is 0. The van der Waals surface area contributed by atoms with Crippen molar-refractivity contribution in [1.82, 2.24) is 14.8 Å². The Balaban J connectivity index is 1.66. The van der Waals surface area contributed by atoms with E-state index >= 15 is 0 Å². The van der Waals surface area contributed by atoms with Crippen LogP contribution in [0.3, 0.4) is 0 Å². The molecule has 1 aromatic heterocycles. The first-order chi connectivity index (χ1) is 14.8. The van der Waals surface area contributed by atoms with E-state index < -0.39 is 6.10 Å². The summed E-state index contributed by atoms with van der Waals surface area (Å²) < 4.78 is 7.87. The van der Waals surface area contributed by atoms with Gasteiger partial charge in [0.15, 0.2) is 17.1 Å². The number of ether oxygens (including phenoxy) is 1. The van der Waals surface area contributed by atoms with E-state index in [-0.39, 0.29) is 11.7 Å². The Morgan fingerprint density at radius 1 is 1.16 bits per heavy atom. The molecule has 1 atom stereocenters. The maximum Gasteiger partial charge on any atom is 0.234 e. The average Bonchev–Trinajstić information content (AvgIpc) is 3.14. The SMILES string of the molecule is CCn1c(SCC(=O)Nc2cc(Cl)ccc2C)nnc1C(C)Oc1ccc(Cl)cc1Cl. The Bertz CT molecular complexity index is 1090. The van der Waals surface area contributed by atoms with Crippen molar-refractivity contribution >= 4 is 58.2 Å². The van der Waals surface area contributed by atoms with Gasteiger partial charge in [0.2, 0.25) is 5.91 Å². The van der Waals surface area contributed by atoms with Crippen LogP contribution in [0.4, 0.5) is 5.69 Å². The number of nitrogens with zero attached hydrogens (tertiary/aromatic N) is 3. The van der Waals surface area contributed by atoms with Crippen LogP contribution in [0.15, 0.2) is 41.6 Å². The number of carbonyl (C=O) groups is 1. The van der Waals surface area contributed by atoms with Crippen molar-refractivity contribution in [1.29, 1.82) is 0 Å². The van der Waals surface area contributed by atoms with Gasteiger partial charge >= 0.3 is 0 Å². The summed E-state index contributed by atoms with van der Waals surface area (Å²) in [4.78, 5) is 12.4. The predicted molar refractivity (Wildman–Crippen MR) is 127 cm³/mol. The molecule has 0 aliphatic heterocycles. The van der Waals surface area contributed by atoms with Crippen molar-refractivity contribution in [3.05, 3.63) is 62.9 Å². The second-order valence-electron chi connectivity index (χ2n) is 6.72. The van der Waals surface area contributed by atoms with Gasteiger partial charge in [-0.15, -0.1) is 10.2 Å². The second-order valence-corrected chi connectivity index (χ2v) is 8.94. The maximum absolute atomic E-state index is 12.4. The van der Waals surface area contributed by atoms with Crippen molar-refractivity contribution in [2.24, 2.45) is 0 Å². The number of thioether (sulfide) groups is 1. The fourth-order valence-electron chi connectivity index (χ4n) is 2.86. The van der Waals surface area contributed by atoms with Gasteiger partial charge in [-0.3, -0.25) is 4.79 Å². The van der Waals surface area contributed by atoms with Crippen LogP contribution in [-0.4, -0.2) is 26.4 Å². The number of hydrogen-bond donors (Lipinski definition) is 1. The molecule has 0 saturated heterocycles. The maximum atomic E-state index is 12.4. The number of carbonyl (C=O) groups excluding carboxylic acids is 1. The Hall–Kier alpha value is -1.93. The van der Waals surface area contributed by atoms with Crippen molar-refractivity contribution in [2.45, 2.75) is 38.6 Å². The molecule has 1 N–H and O–H groups in total. The number of amides is 1. The molecule has 1 amide bonds. The van der Waals surface area contributed by atoms with E-state index in [4.69, 9.17) is 39.5 Å². The van der Waals surface area contributed by atoms with E-state index in [9.17, 15) is 4.79 Å². The zero-order chi connectivity index (χ0) is 22.5. The van der Waals surface area contributed by atoms with Gasteiger partial charge in [0, 0.05) is 22.3 Å². The first kappa shape index (κ1) is 23.7. The zero-order valence-corrected chi connectivity index (χ0v) is 20.2. The normalized spacial score (nSPS) is 11.9. The molecule has 0 aliphatic carbocycles. The number of nitrogens with one attached hydrogen (secondary N) is 1. The van der Waals surface area contributed by atoms with Crippen molar-refractivity contribution in [3.63, 3.8) is 0 Å². The van der Waals surface area contributed by atoms with E-state index in [1.807, 2.05) is 31.4 Å². The third kappa shape index (κ3) is 6.07. The topological polar surface area (TPSA) is 69.0 Å². The number of aryl methyl sites for hydroxylation is 1. The van der Waals surface area contributed by atoms with Crippen molar-refractivity contribution in [2.75, 3.05) is 11.1 Å². The van der Waals surface area contributed by atoms with Gasteiger partial charge in [0.05, 0.1) is 10.8 Å². The highest BCUT2D eigenvalue weighted by atomic mass is 35.5. The zero-order valence-electron chi connectivity index (χ0n) is 17.2. The smallest absolute Gasteiger partial charge is 0.234 e. The monoisotopic (exact) mass is 498 g/mol. The number of aromatic nitrogens is 3. The van der Waals surface area contributed by atoms with Crippen LogP contribution >= 0.6 is 46.6 Å². The Morgan fingerprint density at radius 3 is 2.58 bits per heavy atom. The first-order valence-corrected chi connectivity index (χ1v) is 11.6. The second kappa shape index (κ2) is 10.6. The molecular formula is C21H21Cl3N4O2S. The molecule has 164 valence electrons. The Kier molecular flexibility index (Phi) is 8.11. The molecule has 10 heteroatoms. The lowest BCUT2D eigenvalue weighted by Crippen LogP contribution is -2.16. The van der Waals surface area contributed by atoms with Crippen LogP contribution in [0.25, 0.3) is 0 Å². The number of halogens is 3. The van der Waals surface area contributed by atoms with Crippen LogP contribution in [-0.2, 0) is 11.3 Å². The van der Waals surface area contributed by atoms with Crippen LogP contribution in [0.5, 0.6) is 5.75 Å². The van der Waals surface area contributed by atoms with Crippen molar-refractivity contribution < 1.29 is 9.53 Å². The summed E-state index contributed by atoms with van der Waals surface area (Å²) in [6.45, 7) is 6.38. The molecule has 0 fully saturated rings. The molecule has 3 aromatic rings. The molecule has 2 aromatic carbocycles. The lowest BCUT2D eigenvalue weighted by atomic mass is 10.2. The fraction of sp³-hybridized carbons (Fsp3) is 0.286. The quantitative estimate of drug-likeness (QED) is 0.361. The number of rotatable bonds is 8. The van der Waals surface area contributed by atoms with Gasteiger partial charge in [-0.25, -0.2) is 0 Å². The highest BCUT2D eigenvalue weighted by molar-refractivity contribution is 7.99. The summed E-state index contributed by atoms with van der Waals surface area (Å²) in [6, 6.07) is 10.4. The van der Waals surface area contributed by atoms with Gasteiger partial charge < -0.3 is 14.6 Å². The first-order valence-electron chi connectivity index (χ1n) is 9.52. The van der Waals surface area contributed by atoms with Crippen LogP contribution in [0.2, 0.25) is 15.1 Å². The summed E-state index contributed by atoms with van der Waals surface area (Å²) in [6.07, 6.45) is -0.400. The average molecular weight is 500 g/mol. The molecule has 0 saturated carbocycles. The summed E-state index contributed by atoms with van der Waals surface area (Å²) in [5.74, 6) is 1.18. The van der Waals surface area contributed by atoms with E-state index in [1.165, 1.54) is 11.8 Å². The minimum atomic E-state index is -0.400. The van der Waals surface area contributed by atoms with E-state index in [0.29, 0.717) is 44.0 Å². The van der Waals surface area contributed by atoms with Gasteiger partial charge in [0.25, 0.3) is 0 Å². The third-order valence-corrected chi connectivity index (χ3v) is 6.16. The lowest BCUT2D eigenvalue weighted by molar-refractivity contribution is -0.113. The number of hydrogen-bond acceptors (Lipinski definition) is 5. The standard InChI is InChI=1S/C21H21Cl3N4O2S/c1-4-28-20(13(3)30-18-8-7-14(22)9-16(18)24)26-27-21(28)31-11-19(29)25-17-10-15(23)6-5-12(17)2/h5-10,13H,4,11H2,1-3H3,(H,25,29). The highest BCUT2D eigenvalue weighted by Gasteiger charge is 2.20. The van der Waals surface area contributed by atoms with Gasteiger partial charge in [-0.1, -0.05) is 52.6 Å². The Labute approximate surface area is 200 Å². The van der Waals surface area contributed by atoms with E-state index in [2.05, 4.69) is 15.5 Å². The molecule has 0 spiro atoms. The molecule has 3 rings (SSSR count). The van der Waals surface area contributed by atoms with Gasteiger partial charge in [-0.05, 0) is 56.7 Å². The molecule has 1 unspecified atom stereocenters. The molecule has 0 aliphatic rings. The molecule has 6 nitrogen and oxygen atoms in total. The highest BCUT2D eigenvalue weighted by Crippen LogP contribution is 2.32. The minimum Gasteiger partial charge on any atom is -0.481 e. The minimum absolute atomic E-state index is 0.153. The van der Waals surface area contributed by atoms with E-state index in [0.717, 1.165) is 5.56 Å². The predicted octanol–water partition coefficient (Wildman–Crippen LogP) is 6.44. The fourth-order valence-corrected chi connectivity index (χ4v) is 4.30.